The highest BCUT2D eigenvalue weighted by atomic mass is 32.2. The molecule has 1 aromatic heterocycles. The van der Waals surface area contributed by atoms with Gasteiger partial charge in [0, 0.05) is 11.7 Å². The number of nitrogens with one attached hydrogen (secondary N) is 1. The number of benzene rings is 3. The van der Waals surface area contributed by atoms with Crippen molar-refractivity contribution in [3.8, 4) is 11.5 Å². The van der Waals surface area contributed by atoms with Crippen LogP contribution in [0.3, 0.4) is 0 Å². The Morgan fingerprint density at radius 1 is 1.07 bits per heavy atom. The molecule has 3 aromatic carbocycles. The van der Waals surface area contributed by atoms with E-state index in [1.165, 1.54) is 23.5 Å². The summed E-state index contributed by atoms with van der Waals surface area (Å²) >= 11 is 1.11. The smallest absolute Gasteiger partial charge is 0.308 e. The lowest BCUT2D eigenvalue weighted by atomic mass is 9.86. The van der Waals surface area contributed by atoms with Gasteiger partial charge in [0.05, 0.1) is 34.5 Å². The van der Waals surface area contributed by atoms with Crippen LogP contribution in [0.2, 0.25) is 0 Å². The van der Waals surface area contributed by atoms with E-state index in [1.54, 1.807) is 47.0 Å². The lowest BCUT2D eigenvalue weighted by molar-refractivity contribution is -0.122. The van der Waals surface area contributed by atoms with Crippen LogP contribution in [0.1, 0.15) is 46.2 Å². The number of anilines is 2. The van der Waals surface area contributed by atoms with E-state index < -0.39 is 22.0 Å². The number of hydrogen-bond acceptors (Lipinski definition) is 7. The predicted molar refractivity (Wildman–Crippen MR) is 162 cm³/mol. The van der Waals surface area contributed by atoms with Gasteiger partial charge in [-0.25, -0.2) is 8.42 Å². The third kappa shape index (κ3) is 5.43. The second-order valence-electron chi connectivity index (χ2n) is 11.3. The number of rotatable bonds is 6. The van der Waals surface area contributed by atoms with E-state index >= 15 is 0 Å². The highest BCUT2D eigenvalue weighted by molar-refractivity contribution is 7.92. The zero-order valence-corrected chi connectivity index (χ0v) is 25.4. The van der Waals surface area contributed by atoms with Gasteiger partial charge in [0.1, 0.15) is 11.5 Å². The fourth-order valence-electron chi connectivity index (χ4n) is 4.78. The minimum atomic E-state index is -4.06. The Hall–Kier alpha value is -3.83. The zero-order chi connectivity index (χ0) is 29.7. The van der Waals surface area contributed by atoms with Crippen LogP contribution in [0, 0.1) is 0 Å². The average Bonchev–Trinajstić information content (AvgIpc) is 3.26. The molecule has 4 aromatic rings. The summed E-state index contributed by atoms with van der Waals surface area (Å²) in [5.41, 5.74) is 2.34. The monoisotopic (exact) mass is 595 g/mol. The molecule has 1 atom stereocenters. The summed E-state index contributed by atoms with van der Waals surface area (Å²) in [4.78, 5) is 25.9. The standard InChI is InChI=1S/C30H33N3O6S2/c1-18(2)33-23-13-8-20(16-27(23)40-29(33)35)31-28(34)26-17-32(41(36,37)22-11-9-21(38-6)10-12-22)24-15-19(30(3,4)5)7-14-25(24)39-26/h7-16,18,26H,17H2,1-6H3,(H,31,34)/t26-/m0/s1. The van der Waals surface area contributed by atoms with E-state index in [4.69, 9.17) is 9.47 Å². The number of carbonyl (C=O) groups excluding carboxylic acids is 1. The van der Waals surface area contributed by atoms with Gasteiger partial charge in [0.2, 0.25) is 0 Å². The van der Waals surface area contributed by atoms with E-state index in [1.807, 2.05) is 40.7 Å². The number of fused-ring (bicyclic) bond motifs is 2. The van der Waals surface area contributed by atoms with Crippen molar-refractivity contribution in [2.75, 3.05) is 23.3 Å². The van der Waals surface area contributed by atoms with Gasteiger partial charge in [-0.15, -0.1) is 0 Å². The molecule has 5 rings (SSSR count). The minimum absolute atomic E-state index is 0.00447. The normalized spacial score (nSPS) is 15.5. The van der Waals surface area contributed by atoms with Gasteiger partial charge in [0.25, 0.3) is 15.9 Å². The van der Waals surface area contributed by atoms with Gasteiger partial charge in [-0.1, -0.05) is 38.2 Å². The summed E-state index contributed by atoms with van der Waals surface area (Å²) < 4.78 is 42.8. The molecule has 11 heteroatoms. The number of nitrogens with zero attached hydrogens (tertiary/aromatic N) is 2. The van der Waals surface area contributed by atoms with Gasteiger partial charge in [-0.3, -0.25) is 18.5 Å². The summed E-state index contributed by atoms with van der Waals surface area (Å²) in [6, 6.07) is 16.8. The molecule has 41 heavy (non-hydrogen) atoms. The lowest BCUT2D eigenvalue weighted by Gasteiger charge is -2.36. The predicted octanol–water partition coefficient (Wildman–Crippen LogP) is 5.55. The largest absolute Gasteiger partial charge is 0.497 e. The maximum Gasteiger partial charge on any atom is 0.308 e. The number of ether oxygens (including phenoxy) is 2. The molecule has 1 aliphatic rings. The van der Waals surface area contributed by atoms with E-state index in [2.05, 4.69) is 5.32 Å². The average molecular weight is 596 g/mol. The van der Waals surface area contributed by atoms with Gasteiger partial charge < -0.3 is 14.8 Å². The first-order chi connectivity index (χ1) is 19.3. The number of methoxy groups -OCH3 is 1. The quantitative estimate of drug-likeness (QED) is 0.314. The number of hydrogen-bond donors (Lipinski definition) is 1. The molecule has 1 aliphatic heterocycles. The molecule has 0 fully saturated rings. The van der Waals surface area contributed by atoms with Crippen LogP contribution >= 0.6 is 11.3 Å². The third-order valence-electron chi connectivity index (χ3n) is 7.03. The second-order valence-corrected chi connectivity index (χ2v) is 14.1. The highest BCUT2D eigenvalue weighted by Gasteiger charge is 2.38. The van der Waals surface area contributed by atoms with E-state index in [9.17, 15) is 18.0 Å². The number of aromatic nitrogens is 1. The summed E-state index contributed by atoms with van der Waals surface area (Å²) in [5, 5.41) is 2.85. The Bertz CT molecular complexity index is 1780. The summed E-state index contributed by atoms with van der Waals surface area (Å²) in [6.45, 7) is 9.79. The molecule has 1 N–H and O–H groups in total. The molecule has 0 bridgehead atoms. The molecule has 0 aliphatic carbocycles. The Labute approximate surface area is 243 Å². The first kappa shape index (κ1) is 28.7. The maximum atomic E-state index is 13.9. The first-order valence-electron chi connectivity index (χ1n) is 13.2. The number of sulfonamides is 1. The van der Waals surface area contributed by atoms with Gasteiger partial charge in [0.15, 0.2) is 6.10 Å². The Kier molecular flexibility index (Phi) is 7.37. The molecule has 0 unspecified atom stereocenters. The van der Waals surface area contributed by atoms with E-state index in [0.717, 1.165) is 27.1 Å². The van der Waals surface area contributed by atoms with E-state index in [0.29, 0.717) is 22.9 Å². The third-order valence-corrected chi connectivity index (χ3v) is 9.74. The number of thiazole rings is 1. The van der Waals surface area contributed by atoms with Crippen LogP contribution in [0.15, 0.2) is 70.4 Å². The zero-order valence-electron chi connectivity index (χ0n) is 23.8. The molecule has 0 saturated carbocycles. The fraction of sp³-hybridized carbons (Fsp3) is 0.333. The maximum absolute atomic E-state index is 13.9. The molecular weight excluding hydrogens is 562 g/mol. The van der Waals surface area contributed by atoms with Crippen molar-refractivity contribution < 1.29 is 22.7 Å². The van der Waals surface area contributed by atoms with Crippen LogP contribution in [0.4, 0.5) is 11.4 Å². The van der Waals surface area contributed by atoms with Crippen molar-refractivity contribution in [2.45, 2.75) is 57.1 Å². The molecule has 0 radical (unpaired) electrons. The molecule has 9 nitrogen and oxygen atoms in total. The second kappa shape index (κ2) is 10.5. The topological polar surface area (TPSA) is 107 Å². The van der Waals surface area contributed by atoms with Crippen LogP contribution < -0.4 is 24.0 Å². The molecule has 216 valence electrons. The van der Waals surface area contributed by atoms with Crippen molar-refractivity contribution in [3.05, 3.63) is 75.9 Å². The van der Waals surface area contributed by atoms with Crippen molar-refractivity contribution in [3.63, 3.8) is 0 Å². The molecule has 0 spiro atoms. The number of carbonyl (C=O) groups is 1. The SMILES string of the molecule is COc1ccc(S(=O)(=O)N2C[C@@H](C(=O)Nc3ccc4c(c3)sc(=O)n4C(C)C)Oc3ccc(C(C)(C)C)cc32)cc1. The molecule has 0 saturated heterocycles. The molecule has 2 heterocycles. The van der Waals surface area contributed by atoms with Crippen LogP contribution in [0.5, 0.6) is 11.5 Å². The van der Waals surface area contributed by atoms with Crippen molar-refractivity contribution in [2.24, 2.45) is 0 Å². The van der Waals surface area contributed by atoms with Crippen LogP contribution in [-0.2, 0) is 20.2 Å². The summed E-state index contributed by atoms with van der Waals surface area (Å²) in [7, 11) is -2.55. The van der Waals surface area contributed by atoms with Crippen molar-refractivity contribution in [1.29, 1.82) is 0 Å². The lowest BCUT2D eigenvalue weighted by Crippen LogP contribution is -2.49. The Morgan fingerprint density at radius 3 is 2.41 bits per heavy atom. The Morgan fingerprint density at radius 2 is 1.78 bits per heavy atom. The van der Waals surface area contributed by atoms with Crippen LogP contribution in [-0.4, -0.2) is 38.7 Å². The first-order valence-corrected chi connectivity index (χ1v) is 15.5. The Balaban J connectivity index is 1.50. The van der Waals surface area contributed by atoms with Crippen molar-refractivity contribution >= 4 is 48.9 Å². The molecular formula is C30H33N3O6S2. The van der Waals surface area contributed by atoms with E-state index in [-0.39, 0.29) is 27.8 Å². The summed E-state index contributed by atoms with van der Waals surface area (Å²) in [6.07, 6.45) is -1.12. The number of amides is 1. The van der Waals surface area contributed by atoms with Crippen LogP contribution in [0.25, 0.3) is 10.2 Å². The van der Waals surface area contributed by atoms with Gasteiger partial charge in [-0.05, 0) is 79.4 Å². The highest BCUT2D eigenvalue weighted by Crippen LogP contribution is 2.40. The fourth-order valence-corrected chi connectivity index (χ4v) is 7.30. The van der Waals surface area contributed by atoms with Crippen molar-refractivity contribution in [1.82, 2.24) is 4.57 Å². The molecule has 1 amide bonds. The van der Waals surface area contributed by atoms with Gasteiger partial charge >= 0.3 is 4.87 Å². The summed E-state index contributed by atoms with van der Waals surface area (Å²) in [5.74, 6) is 0.328. The minimum Gasteiger partial charge on any atom is -0.497 e. The van der Waals surface area contributed by atoms with Gasteiger partial charge in [-0.2, -0.15) is 0 Å².